The molecular formula is C19H23N5. The molecule has 3 atom stereocenters. The molecule has 0 spiro atoms. The summed E-state index contributed by atoms with van der Waals surface area (Å²) in [5.74, 6) is 2.85. The van der Waals surface area contributed by atoms with Crippen molar-refractivity contribution in [3.8, 4) is 0 Å². The van der Waals surface area contributed by atoms with Crippen molar-refractivity contribution < 1.29 is 0 Å². The quantitative estimate of drug-likeness (QED) is 0.918. The number of piperidine rings is 3. The van der Waals surface area contributed by atoms with E-state index in [4.69, 9.17) is 5.73 Å². The van der Waals surface area contributed by atoms with Crippen molar-refractivity contribution in [3.05, 3.63) is 48.3 Å². The molecule has 4 aliphatic heterocycles. The lowest BCUT2D eigenvalue weighted by Gasteiger charge is -2.51. The summed E-state index contributed by atoms with van der Waals surface area (Å²) in [6, 6.07) is 14.1. The van der Waals surface area contributed by atoms with Crippen molar-refractivity contribution in [2.45, 2.75) is 30.8 Å². The van der Waals surface area contributed by atoms with Gasteiger partial charge in [-0.1, -0.05) is 30.3 Å². The van der Waals surface area contributed by atoms with E-state index in [0.29, 0.717) is 23.8 Å². The van der Waals surface area contributed by atoms with Crippen LogP contribution in [0.25, 0.3) is 0 Å². The van der Waals surface area contributed by atoms with Crippen LogP contribution in [0.4, 0.5) is 11.6 Å². The fourth-order valence-corrected chi connectivity index (χ4v) is 5.19. The molecule has 4 fully saturated rings. The van der Waals surface area contributed by atoms with Crippen LogP contribution >= 0.6 is 0 Å². The van der Waals surface area contributed by atoms with Crippen molar-refractivity contribution in [2.75, 3.05) is 30.3 Å². The summed E-state index contributed by atoms with van der Waals surface area (Å²) in [4.78, 5) is 13.8. The molecule has 5 nitrogen and oxygen atoms in total. The Bertz CT molecular complexity index is 726. The third-order valence-electron chi connectivity index (χ3n) is 6.19. The van der Waals surface area contributed by atoms with Gasteiger partial charge in [-0.25, -0.2) is 9.97 Å². The fraction of sp³-hybridized carbons (Fsp3) is 0.474. The Labute approximate surface area is 142 Å². The van der Waals surface area contributed by atoms with Crippen LogP contribution in [-0.2, 0) is 0 Å². The Kier molecular flexibility index (Phi) is 3.23. The molecule has 5 heteroatoms. The van der Waals surface area contributed by atoms with Crippen LogP contribution in [0.1, 0.15) is 24.3 Å². The topological polar surface area (TPSA) is 58.3 Å². The molecule has 5 heterocycles. The first-order valence-corrected chi connectivity index (χ1v) is 8.94. The van der Waals surface area contributed by atoms with Gasteiger partial charge in [0.2, 0.25) is 0 Å². The molecule has 24 heavy (non-hydrogen) atoms. The van der Waals surface area contributed by atoms with Crippen LogP contribution < -0.4 is 10.6 Å². The molecule has 124 valence electrons. The first-order chi connectivity index (χ1) is 11.8. The highest BCUT2D eigenvalue weighted by Crippen LogP contribution is 2.47. The van der Waals surface area contributed by atoms with E-state index in [9.17, 15) is 0 Å². The predicted molar refractivity (Wildman–Crippen MR) is 94.8 cm³/mol. The highest BCUT2D eigenvalue weighted by molar-refractivity contribution is 5.51. The summed E-state index contributed by atoms with van der Waals surface area (Å²) in [6.45, 7) is 3.51. The van der Waals surface area contributed by atoms with E-state index in [1.54, 1.807) is 6.33 Å². The van der Waals surface area contributed by atoms with E-state index in [1.807, 2.05) is 6.07 Å². The molecule has 4 aliphatic rings. The van der Waals surface area contributed by atoms with Gasteiger partial charge in [-0.05, 0) is 37.4 Å². The lowest BCUT2D eigenvalue weighted by molar-refractivity contribution is 0.0354. The van der Waals surface area contributed by atoms with Crippen LogP contribution in [0.15, 0.2) is 42.7 Å². The van der Waals surface area contributed by atoms with Gasteiger partial charge in [0.05, 0.1) is 0 Å². The number of nitrogens with zero attached hydrogens (tertiary/aromatic N) is 4. The molecule has 1 aromatic heterocycles. The molecule has 2 N–H and O–H groups in total. The second-order valence-electron chi connectivity index (χ2n) is 7.33. The Hall–Kier alpha value is -2.14. The highest BCUT2D eigenvalue weighted by atomic mass is 15.3. The summed E-state index contributed by atoms with van der Waals surface area (Å²) in [7, 11) is 0. The predicted octanol–water partition coefficient (Wildman–Crippen LogP) is 2.13. The van der Waals surface area contributed by atoms with Crippen molar-refractivity contribution in [1.82, 2.24) is 14.9 Å². The average Bonchev–Trinajstić information content (AvgIpc) is 3.06. The number of aromatic nitrogens is 2. The van der Waals surface area contributed by atoms with Gasteiger partial charge in [0, 0.05) is 30.6 Å². The molecule has 4 saturated heterocycles. The molecule has 0 radical (unpaired) electrons. The minimum atomic E-state index is 0.537. The summed E-state index contributed by atoms with van der Waals surface area (Å²) in [5.41, 5.74) is 7.38. The first-order valence-electron chi connectivity index (χ1n) is 8.94. The largest absolute Gasteiger partial charge is 0.384 e. The van der Waals surface area contributed by atoms with Gasteiger partial charge in [-0.3, -0.25) is 4.90 Å². The van der Waals surface area contributed by atoms with Crippen molar-refractivity contribution in [1.29, 1.82) is 0 Å². The SMILES string of the molecule is Nc1cc(N2CC(c3ccccc3)C3C2C2CCN3CC2)ncn1. The van der Waals surface area contributed by atoms with Gasteiger partial charge in [-0.2, -0.15) is 0 Å². The van der Waals surface area contributed by atoms with E-state index < -0.39 is 0 Å². The van der Waals surface area contributed by atoms with Crippen molar-refractivity contribution in [2.24, 2.45) is 5.92 Å². The minimum absolute atomic E-state index is 0.537. The second-order valence-corrected chi connectivity index (χ2v) is 7.33. The monoisotopic (exact) mass is 321 g/mol. The maximum absolute atomic E-state index is 5.93. The molecular weight excluding hydrogens is 298 g/mol. The molecule has 3 unspecified atom stereocenters. The molecule has 0 aliphatic carbocycles. The Morgan fingerprint density at radius 3 is 2.54 bits per heavy atom. The summed E-state index contributed by atoms with van der Waals surface area (Å²) >= 11 is 0. The lowest BCUT2D eigenvalue weighted by Crippen LogP contribution is -2.60. The number of hydrogen-bond acceptors (Lipinski definition) is 5. The number of nitrogen functional groups attached to an aromatic ring is 1. The van der Waals surface area contributed by atoms with E-state index in [-0.39, 0.29) is 0 Å². The number of anilines is 2. The zero-order valence-corrected chi connectivity index (χ0v) is 13.8. The Morgan fingerprint density at radius 1 is 1.00 bits per heavy atom. The highest BCUT2D eigenvalue weighted by Gasteiger charge is 2.53. The number of nitrogens with two attached hydrogens (primary N) is 1. The van der Waals surface area contributed by atoms with Gasteiger partial charge in [-0.15, -0.1) is 0 Å². The van der Waals surface area contributed by atoms with Crippen LogP contribution in [0.5, 0.6) is 0 Å². The van der Waals surface area contributed by atoms with Gasteiger partial charge in [0.15, 0.2) is 0 Å². The van der Waals surface area contributed by atoms with E-state index in [0.717, 1.165) is 18.3 Å². The van der Waals surface area contributed by atoms with Gasteiger partial charge in [0.1, 0.15) is 18.0 Å². The number of rotatable bonds is 2. The molecule has 2 bridgehead atoms. The fourth-order valence-electron chi connectivity index (χ4n) is 5.19. The number of fused-ring (bicyclic) bond motifs is 2. The molecule has 0 saturated carbocycles. The maximum Gasteiger partial charge on any atom is 0.134 e. The normalized spacial score (nSPS) is 34.3. The average molecular weight is 321 g/mol. The maximum atomic E-state index is 5.93. The summed E-state index contributed by atoms with van der Waals surface area (Å²) < 4.78 is 0. The van der Waals surface area contributed by atoms with Crippen molar-refractivity contribution >= 4 is 11.6 Å². The van der Waals surface area contributed by atoms with Crippen LogP contribution in [0, 0.1) is 5.92 Å². The third-order valence-corrected chi connectivity index (χ3v) is 6.19. The van der Waals surface area contributed by atoms with E-state index in [2.05, 4.69) is 50.1 Å². The van der Waals surface area contributed by atoms with Crippen LogP contribution in [0.3, 0.4) is 0 Å². The molecule has 1 aromatic carbocycles. The lowest BCUT2D eigenvalue weighted by atomic mass is 9.75. The second kappa shape index (κ2) is 5.45. The van der Waals surface area contributed by atoms with Crippen molar-refractivity contribution in [3.63, 3.8) is 0 Å². The van der Waals surface area contributed by atoms with Gasteiger partial charge in [0.25, 0.3) is 0 Å². The molecule has 6 rings (SSSR count). The standard InChI is InChI=1S/C19H23N5/c20-16-10-17(22-12-21-16)24-11-15(13-4-2-1-3-5-13)19-18(24)14-6-8-23(19)9-7-14/h1-5,10,12,14-15,18-19H,6-9,11H2,(H2,20,21,22). The minimum Gasteiger partial charge on any atom is -0.384 e. The molecule has 0 amide bonds. The summed E-state index contributed by atoms with van der Waals surface area (Å²) in [5, 5.41) is 0. The zero-order chi connectivity index (χ0) is 16.1. The van der Waals surface area contributed by atoms with E-state index in [1.165, 1.54) is 31.5 Å². The molecule has 2 aromatic rings. The van der Waals surface area contributed by atoms with Crippen LogP contribution in [-0.4, -0.2) is 46.6 Å². The third kappa shape index (κ3) is 2.11. The van der Waals surface area contributed by atoms with Gasteiger partial charge >= 0.3 is 0 Å². The number of benzene rings is 1. The van der Waals surface area contributed by atoms with Crippen LogP contribution in [0.2, 0.25) is 0 Å². The summed E-state index contributed by atoms with van der Waals surface area (Å²) in [6.07, 6.45) is 4.20. The first kappa shape index (κ1) is 14.2. The Morgan fingerprint density at radius 2 is 1.79 bits per heavy atom. The zero-order valence-electron chi connectivity index (χ0n) is 13.8. The Balaban J connectivity index is 1.57. The van der Waals surface area contributed by atoms with E-state index >= 15 is 0 Å². The smallest absolute Gasteiger partial charge is 0.134 e. The number of hydrogen-bond donors (Lipinski definition) is 1. The van der Waals surface area contributed by atoms with Gasteiger partial charge < -0.3 is 10.6 Å².